The molecule has 0 aliphatic carbocycles. The highest BCUT2D eigenvalue weighted by molar-refractivity contribution is 6.30. The fourth-order valence-corrected chi connectivity index (χ4v) is 3.28. The van der Waals surface area contributed by atoms with E-state index in [0.29, 0.717) is 16.3 Å². The molecule has 6 nitrogen and oxygen atoms in total. The Kier molecular flexibility index (Phi) is 8.01. The van der Waals surface area contributed by atoms with Gasteiger partial charge >= 0.3 is 0 Å². The Morgan fingerprint density at radius 1 is 1.06 bits per heavy atom. The smallest absolute Gasteiger partial charge is 0.266 e. The second-order valence-corrected chi connectivity index (χ2v) is 7.88. The number of benzene rings is 3. The summed E-state index contributed by atoms with van der Waals surface area (Å²) < 4.78 is 19.3. The molecule has 0 aliphatic rings. The number of nitrogens with zero attached hydrogens (tertiary/aromatic N) is 1. The van der Waals surface area contributed by atoms with Crippen molar-refractivity contribution in [3.05, 3.63) is 93.8 Å². The summed E-state index contributed by atoms with van der Waals surface area (Å²) in [5.41, 5.74) is 2.68. The van der Waals surface area contributed by atoms with Crippen molar-refractivity contribution in [3.8, 4) is 11.8 Å². The van der Waals surface area contributed by atoms with E-state index in [0.717, 1.165) is 11.1 Å². The first-order chi connectivity index (χ1) is 16.3. The third kappa shape index (κ3) is 6.44. The average molecular weight is 478 g/mol. The van der Waals surface area contributed by atoms with Crippen molar-refractivity contribution >= 4 is 40.9 Å². The molecule has 0 aromatic heterocycles. The lowest BCUT2D eigenvalue weighted by molar-refractivity contribution is -0.118. The maximum atomic E-state index is 13.7. The number of carbonyl (C=O) groups is 2. The molecule has 2 N–H and O–H groups in total. The first kappa shape index (κ1) is 24.5. The van der Waals surface area contributed by atoms with E-state index in [-0.39, 0.29) is 17.0 Å². The van der Waals surface area contributed by atoms with Crippen LogP contribution >= 0.6 is 11.6 Å². The summed E-state index contributed by atoms with van der Waals surface area (Å²) in [6, 6.07) is 17.7. The zero-order valence-electron chi connectivity index (χ0n) is 18.5. The minimum absolute atomic E-state index is 0.0298. The Hall–Kier alpha value is -4.15. The van der Waals surface area contributed by atoms with Crippen LogP contribution in [-0.4, -0.2) is 18.4 Å². The third-order valence-electron chi connectivity index (χ3n) is 4.77. The predicted molar refractivity (Wildman–Crippen MR) is 130 cm³/mol. The number of carbonyl (C=O) groups excluding carboxylic acids is 2. The monoisotopic (exact) mass is 477 g/mol. The highest BCUT2D eigenvalue weighted by Gasteiger charge is 2.14. The summed E-state index contributed by atoms with van der Waals surface area (Å²) in [6.45, 7) is 3.37. The summed E-state index contributed by atoms with van der Waals surface area (Å²) >= 11 is 6.09. The van der Waals surface area contributed by atoms with Gasteiger partial charge in [-0.3, -0.25) is 9.59 Å². The Labute approximate surface area is 201 Å². The average Bonchev–Trinajstić information content (AvgIpc) is 2.80. The molecule has 172 valence electrons. The van der Waals surface area contributed by atoms with Crippen LogP contribution in [-0.2, 0) is 9.59 Å². The summed E-state index contributed by atoms with van der Waals surface area (Å²) in [5, 5.41) is 15.1. The van der Waals surface area contributed by atoms with Gasteiger partial charge in [-0.15, -0.1) is 0 Å². The molecule has 0 spiro atoms. The van der Waals surface area contributed by atoms with E-state index in [2.05, 4.69) is 10.6 Å². The highest BCUT2D eigenvalue weighted by atomic mass is 35.5. The van der Waals surface area contributed by atoms with Gasteiger partial charge in [-0.1, -0.05) is 41.4 Å². The Morgan fingerprint density at radius 3 is 2.53 bits per heavy atom. The number of aryl methyl sites for hydroxylation is 2. The first-order valence-corrected chi connectivity index (χ1v) is 10.6. The maximum absolute atomic E-state index is 13.7. The zero-order valence-corrected chi connectivity index (χ0v) is 19.2. The van der Waals surface area contributed by atoms with Gasteiger partial charge in [-0.05, 0) is 61.9 Å². The number of hydrogen-bond acceptors (Lipinski definition) is 4. The molecule has 0 saturated heterocycles. The van der Waals surface area contributed by atoms with Crippen LogP contribution in [0.3, 0.4) is 0 Å². The van der Waals surface area contributed by atoms with Crippen LogP contribution in [0, 0.1) is 31.0 Å². The van der Waals surface area contributed by atoms with Gasteiger partial charge in [0.25, 0.3) is 11.8 Å². The van der Waals surface area contributed by atoms with Gasteiger partial charge in [-0.25, -0.2) is 4.39 Å². The normalized spacial score (nSPS) is 10.9. The van der Waals surface area contributed by atoms with Crippen LogP contribution in [0.25, 0.3) is 6.08 Å². The van der Waals surface area contributed by atoms with E-state index in [1.54, 1.807) is 18.2 Å². The van der Waals surface area contributed by atoms with Gasteiger partial charge in [0.1, 0.15) is 23.2 Å². The lowest BCUT2D eigenvalue weighted by Crippen LogP contribution is -2.21. The van der Waals surface area contributed by atoms with E-state index < -0.39 is 24.2 Å². The van der Waals surface area contributed by atoms with E-state index in [9.17, 15) is 19.2 Å². The van der Waals surface area contributed by atoms with Crippen LogP contribution in [0.4, 0.5) is 15.8 Å². The molecular formula is C26H21ClFN3O3. The largest absolute Gasteiger partial charge is 0.483 e. The number of nitrogens with one attached hydrogen (secondary N) is 2. The molecule has 0 fully saturated rings. The number of anilines is 2. The maximum Gasteiger partial charge on any atom is 0.266 e. The fourth-order valence-electron chi connectivity index (χ4n) is 3.10. The molecule has 0 saturated carbocycles. The molecule has 0 heterocycles. The van der Waals surface area contributed by atoms with Gasteiger partial charge in [0, 0.05) is 16.3 Å². The minimum Gasteiger partial charge on any atom is -0.483 e. The Bertz CT molecular complexity index is 1310. The van der Waals surface area contributed by atoms with Crippen molar-refractivity contribution in [2.45, 2.75) is 13.8 Å². The van der Waals surface area contributed by atoms with Crippen molar-refractivity contribution in [2.24, 2.45) is 0 Å². The quantitative estimate of drug-likeness (QED) is 0.339. The Balaban J connectivity index is 1.77. The van der Waals surface area contributed by atoms with Gasteiger partial charge < -0.3 is 15.4 Å². The molecule has 0 aliphatic heterocycles. The fraction of sp³-hybridized carbons (Fsp3) is 0.115. The van der Waals surface area contributed by atoms with Crippen molar-refractivity contribution in [2.75, 3.05) is 17.2 Å². The summed E-state index contributed by atoms with van der Waals surface area (Å²) in [5.74, 6) is -1.53. The standard InChI is InChI=1S/C26H21ClFN3O3/c1-16-7-9-22(17(2)11-16)31-26(33)19(14-29)12-18-13-20(27)8-10-24(18)34-15-25(32)30-23-6-4-3-5-21(23)28/h3-13H,15H2,1-2H3,(H,30,32)(H,31,33)/b19-12+. The van der Waals surface area contributed by atoms with Crippen LogP contribution in [0.2, 0.25) is 5.02 Å². The third-order valence-corrected chi connectivity index (χ3v) is 5.01. The van der Waals surface area contributed by atoms with Gasteiger partial charge in [0.05, 0.1) is 5.69 Å². The second-order valence-electron chi connectivity index (χ2n) is 7.44. The van der Waals surface area contributed by atoms with Crippen LogP contribution in [0.1, 0.15) is 16.7 Å². The van der Waals surface area contributed by atoms with E-state index in [1.807, 2.05) is 32.0 Å². The SMILES string of the molecule is Cc1ccc(NC(=O)/C(C#N)=C/c2cc(Cl)ccc2OCC(=O)Nc2ccccc2F)c(C)c1. The number of nitriles is 1. The van der Waals surface area contributed by atoms with Gasteiger partial charge in [-0.2, -0.15) is 5.26 Å². The van der Waals surface area contributed by atoms with E-state index >= 15 is 0 Å². The van der Waals surface area contributed by atoms with Crippen LogP contribution in [0.15, 0.2) is 66.2 Å². The number of para-hydroxylation sites is 1. The Morgan fingerprint density at radius 2 is 1.82 bits per heavy atom. The molecule has 0 atom stereocenters. The molecular weight excluding hydrogens is 457 g/mol. The molecule has 3 aromatic rings. The summed E-state index contributed by atoms with van der Waals surface area (Å²) in [4.78, 5) is 24.9. The first-order valence-electron chi connectivity index (χ1n) is 10.2. The van der Waals surface area contributed by atoms with Crippen LogP contribution in [0.5, 0.6) is 5.75 Å². The molecule has 3 rings (SSSR count). The molecule has 3 aromatic carbocycles. The number of rotatable bonds is 7. The van der Waals surface area contributed by atoms with Gasteiger partial charge in [0.15, 0.2) is 6.61 Å². The molecule has 2 amide bonds. The number of amides is 2. The number of hydrogen-bond donors (Lipinski definition) is 2. The molecule has 0 unspecified atom stereocenters. The van der Waals surface area contributed by atoms with Crippen molar-refractivity contribution < 1.29 is 18.7 Å². The molecule has 8 heteroatoms. The number of ether oxygens (including phenoxy) is 1. The molecule has 0 bridgehead atoms. The van der Waals surface area contributed by atoms with Crippen molar-refractivity contribution in [1.29, 1.82) is 5.26 Å². The molecule has 34 heavy (non-hydrogen) atoms. The topological polar surface area (TPSA) is 91.2 Å². The van der Waals surface area contributed by atoms with Crippen LogP contribution < -0.4 is 15.4 Å². The van der Waals surface area contributed by atoms with E-state index in [4.69, 9.17) is 16.3 Å². The summed E-state index contributed by atoms with van der Waals surface area (Å²) in [6.07, 6.45) is 1.33. The van der Waals surface area contributed by atoms with Crippen molar-refractivity contribution in [1.82, 2.24) is 0 Å². The highest BCUT2D eigenvalue weighted by Crippen LogP contribution is 2.26. The molecule has 0 radical (unpaired) electrons. The van der Waals surface area contributed by atoms with Crippen molar-refractivity contribution in [3.63, 3.8) is 0 Å². The minimum atomic E-state index is -0.599. The van der Waals surface area contributed by atoms with E-state index in [1.165, 1.54) is 36.4 Å². The number of halogens is 2. The lowest BCUT2D eigenvalue weighted by atomic mass is 10.1. The summed E-state index contributed by atoms with van der Waals surface area (Å²) in [7, 11) is 0. The lowest BCUT2D eigenvalue weighted by Gasteiger charge is -2.12. The van der Waals surface area contributed by atoms with Gasteiger partial charge in [0.2, 0.25) is 0 Å². The predicted octanol–water partition coefficient (Wildman–Crippen LogP) is 5.66. The zero-order chi connectivity index (χ0) is 24.7. The second kappa shape index (κ2) is 11.1.